The van der Waals surface area contributed by atoms with Crippen LogP contribution in [0.25, 0.3) is 0 Å². The molecular weight excluding hydrogens is 190 g/mol. The zero-order valence-corrected chi connectivity index (χ0v) is 8.76. The molecule has 0 aromatic rings. The predicted molar refractivity (Wildman–Crippen MR) is 60.6 cm³/mol. The van der Waals surface area contributed by atoms with Gasteiger partial charge in [-0.2, -0.15) is 0 Å². The lowest BCUT2D eigenvalue weighted by molar-refractivity contribution is -0.118. The van der Waals surface area contributed by atoms with Gasteiger partial charge in [0.05, 0.1) is 11.4 Å². The molecule has 0 atom stereocenters. The van der Waals surface area contributed by atoms with E-state index in [4.69, 9.17) is 10.8 Å². The minimum absolute atomic E-state index is 0.0160. The van der Waals surface area contributed by atoms with Crippen molar-refractivity contribution in [2.45, 2.75) is 19.8 Å². The fraction of sp³-hybridized carbons (Fsp3) is 0.364. The van der Waals surface area contributed by atoms with E-state index in [2.05, 4.69) is 5.32 Å². The molecule has 4 nitrogen and oxygen atoms in total. The van der Waals surface area contributed by atoms with Crippen molar-refractivity contribution in [2.75, 3.05) is 6.54 Å². The molecule has 80 valence electrons. The summed E-state index contributed by atoms with van der Waals surface area (Å²) in [7, 11) is 0. The molecule has 1 amide bonds. The highest BCUT2D eigenvalue weighted by atomic mass is 16.1. The van der Waals surface area contributed by atoms with Gasteiger partial charge in [-0.1, -0.05) is 6.08 Å². The third-order valence-corrected chi connectivity index (χ3v) is 2.10. The lowest BCUT2D eigenvalue weighted by Gasteiger charge is -2.08. The van der Waals surface area contributed by atoms with Crippen LogP contribution in [0.3, 0.4) is 0 Å². The summed E-state index contributed by atoms with van der Waals surface area (Å²) in [4.78, 5) is 10.6. The molecule has 0 aromatic heterocycles. The van der Waals surface area contributed by atoms with Crippen molar-refractivity contribution in [3.63, 3.8) is 0 Å². The van der Waals surface area contributed by atoms with Crippen LogP contribution in [0.1, 0.15) is 19.8 Å². The second kappa shape index (κ2) is 5.24. The van der Waals surface area contributed by atoms with E-state index in [1.165, 1.54) is 6.92 Å². The molecule has 0 saturated carbocycles. The topological polar surface area (TPSA) is 76.8 Å². The fourth-order valence-electron chi connectivity index (χ4n) is 1.30. The van der Waals surface area contributed by atoms with E-state index >= 15 is 0 Å². The van der Waals surface area contributed by atoms with Gasteiger partial charge in [0, 0.05) is 13.5 Å². The highest BCUT2D eigenvalue weighted by Gasteiger charge is 2.05. The van der Waals surface area contributed by atoms with Crippen molar-refractivity contribution in [2.24, 2.45) is 0 Å². The molecular formula is C11H15N3O. The van der Waals surface area contributed by atoms with Gasteiger partial charge in [-0.15, -0.1) is 0 Å². The van der Waals surface area contributed by atoms with Crippen LogP contribution in [-0.2, 0) is 4.79 Å². The van der Waals surface area contributed by atoms with E-state index in [0.717, 1.165) is 18.4 Å². The summed E-state index contributed by atoms with van der Waals surface area (Å²) in [6.45, 7) is 2.15. The van der Waals surface area contributed by atoms with Gasteiger partial charge in [0.2, 0.25) is 5.91 Å². The SMILES string of the molecule is CC(=O)NCCCC1=CC(=N)C(=N)C=C1. The minimum atomic E-state index is -0.0160. The number of allylic oxidation sites excluding steroid dienone is 4. The van der Waals surface area contributed by atoms with E-state index in [9.17, 15) is 4.79 Å². The summed E-state index contributed by atoms with van der Waals surface area (Å²) in [5, 5.41) is 17.5. The summed E-state index contributed by atoms with van der Waals surface area (Å²) in [5.74, 6) is -0.0160. The molecule has 0 spiro atoms. The first-order valence-electron chi connectivity index (χ1n) is 4.90. The number of amides is 1. The van der Waals surface area contributed by atoms with Crippen LogP contribution in [0.4, 0.5) is 0 Å². The van der Waals surface area contributed by atoms with Crippen LogP contribution in [-0.4, -0.2) is 23.9 Å². The van der Waals surface area contributed by atoms with Crippen LogP contribution in [0.15, 0.2) is 23.8 Å². The first kappa shape index (κ1) is 11.4. The van der Waals surface area contributed by atoms with Gasteiger partial charge in [-0.05, 0) is 30.6 Å². The average Bonchev–Trinajstić information content (AvgIpc) is 2.18. The number of hydrogen-bond acceptors (Lipinski definition) is 3. The highest BCUT2D eigenvalue weighted by Crippen LogP contribution is 2.11. The molecule has 1 rings (SSSR count). The normalized spacial score (nSPS) is 15.1. The molecule has 0 saturated heterocycles. The Kier molecular flexibility index (Phi) is 3.97. The van der Waals surface area contributed by atoms with Crippen molar-refractivity contribution in [1.29, 1.82) is 10.8 Å². The average molecular weight is 205 g/mol. The monoisotopic (exact) mass is 205 g/mol. The maximum absolute atomic E-state index is 10.6. The van der Waals surface area contributed by atoms with Crippen LogP contribution in [0, 0.1) is 10.8 Å². The second-order valence-corrected chi connectivity index (χ2v) is 3.47. The fourth-order valence-corrected chi connectivity index (χ4v) is 1.30. The number of hydrogen-bond donors (Lipinski definition) is 3. The Bertz CT molecular complexity index is 353. The van der Waals surface area contributed by atoms with Crippen molar-refractivity contribution in [3.05, 3.63) is 23.8 Å². The number of carbonyl (C=O) groups is 1. The third kappa shape index (κ3) is 3.89. The summed E-state index contributed by atoms with van der Waals surface area (Å²) in [6, 6.07) is 0. The second-order valence-electron chi connectivity index (χ2n) is 3.47. The summed E-state index contributed by atoms with van der Waals surface area (Å²) >= 11 is 0. The molecule has 0 aliphatic heterocycles. The Morgan fingerprint density at radius 3 is 2.67 bits per heavy atom. The standard InChI is InChI=1S/C11H15N3O/c1-8(15)14-6-2-3-9-4-5-10(12)11(13)7-9/h4-5,7,12-13H,2-3,6H2,1H3,(H,14,15). The molecule has 0 bridgehead atoms. The predicted octanol–water partition coefficient (Wildman–Crippen LogP) is 1.44. The zero-order valence-electron chi connectivity index (χ0n) is 8.76. The van der Waals surface area contributed by atoms with Gasteiger partial charge < -0.3 is 5.32 Å². The minimum Gasteiger partial charge on any atom is -0.356 e. The van der Waals surface area contributed by atoms with Gasteiger partial charge >= 0.3 is 0 Å². The quantitative estimate of drug-likeness (QED) is 0.471. The van der Waals surface area contributed by atoms with Crippen LogP contribution in [0.2, 0.25) is 0 Å². The maximum atomic E-state index is 10.6. The highest BCUT2D eigenvalue weighted by molar-refractivity contribution is 6.49. The van der Waals surface area contributed by atoms with E-state index in [1.54, 1.807) is 12.2 Å². The Balaban J connectivity index is 2.31. The van der Waals surface area contributed by atoms with Gasteiger partial charge in [0.25, 0.3) is 0 Å². The summed E-state index contributed by atoms with van der Waals surface area (Å²) in [6.07, 6.45) is 6.88. The first-order chi connectivity index (χ1) is 7.09. The Hall–Kier alpha value is -1.71. The molecule has 4 heteroatoms. The van der Waals surface area contributed by atoms with Crippen molar-refractivity contribution in [1.82, 2.24) is 5.32 Å². The molecule has 0 heterocycles. The summed E-state index contributed by atoms with van der Waals surface area (Å²) in [5.41, 5.74) is 1.55. The molecule has 0 aromatic carbocycles. The summed E-state index contributed by atoms with van der Waals surface area (Å²) < 4.78 is 0. The molecule has 0 unspecified atom stereocenters. The molecule has 0 radical (unpaired) electrons. The van der Waals surface area contributed by atoms with Crippen LogP contribution in [0.5, 0.6) is 0 Å². The third-order valence-electron chi connectivity index (χ3n) is 2.10. The molecule has 1 aliphatic carbocycles. The lowest BCUT2D eigenvalue weighted by Crippen LogP contribution is -2.21. The Morgan fingerprint density at radius 2 is 2.07 bits per heavy atom. The lowest BCUT2D eigenvalue weighted by atomic mass is 10.0. The van der Waals surface area contributed by atoms with E-state index in [-0.39, 0.29) is 17.3 Å². The molecule has 1 aliphatic rings. The largest absolute Gasteiger partial charge is 0.356 e. The Morgan fingerprint density at radius 1 is 1.33 bits per heavy atom. The van der Waals surface area contributed by atoms with Gasteiger partial charge in [-0.3, -0.25) is 15.6 Å². The molecule has 0 fully saturated rings. The molecule has 3 N–H and O–H groups in total. The first-order valence-corrected chi connectivity index (χ1v) is 4.90. The van der Waals surface area contributed by atoms with Gasteiger partial charge in [0.1, 0.15) is 0 Å². The van der Waals surface area contributed by atoms with Crippen molar-refractivity contribution >= 4 is 17.3 Å². The van der Waals surface area contributed by atoms with Crippen LogP contribution >= 0.6 is 0 Å². The maximum Gasteiger partial charge on any atom is 0.216 e. The zero-order chi connectivity index (χ0) is 11.3. The van der Waals surface area contributed by atoms with E-state index < -0.39 is 0 Å². The number of nitrogens with one attached hydrogen (secondary N) is 3. The number of carbonyl (C=O) groups excluding carboxylic acids is 1. The van der Waals surface area contributed by atoms with Crippen LogP contribution < -0.4 is 5.32 Å². The Labute approximate surface area is 89.1 Å². The smallest absolute Gasteiger partial charge is 0.216 e. The van der Waals surface area contributed by atoms with Crippen molar-refractivity contribution in [3.8, 4) is 0 Å². The number of rotatable bonds is 4. The van der Waals surface area contributed by atoms with Gasteiger partial charge in [0.15, 0.2) is 0 Å². The van der Waals surface area contributed by atoms with E-state index in [1.807, 2.05) is 6.08 Å². The van der Waals surface area contributed by atoms with Crippen molar-refractivity contribution < 1.29 is 4.79 Å². The molecule has 15 heavy (non-hydrogen) atoms. The van der Waals surface area contributed by atoms with Gasteiger partial charge in [-0.25, -0.2) is 0 Å². The van der Waals surface area contributed by atoms with E-state index in [0.29, 0.717) is 6.54 Å².